The van der Waals surface area contributed by atoms with E-state index in [1.165, 1.54) is 0 Å². The molecule has 0 radical (unpaired) electrons. The minimum absolute atomic E-state index is 0.248. The molecule has 0 atom stereocenters. The lowest BCUT2D eigenvalue weighted by molar-refractivity contribution is 0.0605. The maximum Gasteiger partial charge on any atom is 0.141 e. The van der Waals surface area contributed by atoms with Crippen LogP contribution < -0.4 is 0 Å². The predicted molar refractivity (Wildman–Crippen MR) is 115 cm³/mol. The number of phenols is 1. The molecule has 1 aromatic heterocycles. The van der Waals surface area contributed by atoms with Gasteiger partial charge >= 0.3 is 0 Å². The van der Waals surface area contributed by atoms with Gasteiger partial charge in [-0.2, -0.15) is 23.5 Å². The Morgan fingerprint density at radius 3 is 2.30 bits per heavy atom. The van der Waals surface area contributed by atoms with Crippen molar-refractivity contribution >= 4 is 34.4 Å². The number of aromatic nitrogens is 1. The Balaban J connectivity index is 1.60. The van der Waals surface area contributed by atoms with E-state index in [2.05, 4.69) is 11.0 Å². The molecule has 0 spiro atoms. The van der Waals surface area contributed by atoms with Crippen LogP contribution in [0.15, 0.2) is 30.3 Å². The van der Waals surface area contributed by atoms with Crippen LogP contribution in [0, 0.1) is 0 Å². The van der Waals surface area contributed by atoms with Crippen molar-refractivity contribution < 1.29 is 14.6 Å². The molecule has 0 saturated carbocycles. The lowest BCUT2D eigenvalue weighted by Crippen LogP contribution is -2.29. The third kappa shape index (κ3) is 7.16. The van der Waals surface area contributed by atoms with Gasteiger partial charge in [-0.05, 0) is 12.1 Å². The normalized spacial score (nSPS) is 19.4. The van der Waals surface area contributed by atoms with Gasteiger partial charge in [0, 0.05) is 48.0 Å². The van der Waals surface area contributed by atoms with E-state index in [4.69, 9.17) is 14.5 Å². The second-order valence-corrected chi connectivity index (χ2v) is 8.83. The number of rotatable bonds is 2. The number of phenolic OH excluding ortho intramolecular Hbond substituents is 1. The van der Waals surface area contributed by atoms with Crippen LogP contribution in [0.5, 0.6) is 5.75 Å². The van der Waals surface area contributed by atoms with Crippen LogP contribution in [-0.4, -0.2) is 77.5 Å². The average Bonchev–Trinajstić information content (AvgIpc) is 2.69. The summed E-state index contributed by atoms with van der Waals surface area (Å²) in [7, 11) is 0. The topological polar surface area (TPSA) is 54.8 Å². The van der Waals surface area contributed by atoms with Crippen molar-refractivity contribution in [2.24, 2.45) is 0 Å². The fourth-order valence-electron chi connectivity index (χ4n) is 2.91. The van der Waals surface area contributed by atoms with Crippen LogP contribution in [-0.2, 0) is 16.0 Å². The number of fused-ring (bicyclic) bond motifs is 1. The lowest BCUT2D eigenvalue weighted by Gasteiger charge is -2.22. The van der Waals surface area contributed by atoms with Crippen LogP contribution in [0.2, 0.25) is 0 Å². The molecule has 1 aliphatic heterocycles. The molecule has 1 aliphatic rings. The summed E-state index contributed by atoms with van der Waals surface area (Å²) in [5.74, 6) is 4.46. The first-order valence-corrected chi connectivity index (χ1v) is 11.7. The summed E-state index contributed by atoms with van der Waals surface area (Å²) >= 11 is 3.86. The lowest BCUT2D eigenvalue weighted by atomic mass is 10.2. The number of para-hydroxylation sites is 1. The van der Waals surface area contributed by atoms with Crippen LogP contribution in [0.3, 0.4) is 0 Å². The van der Waals surface area contributed by atoms with Crippen molar-refractivity contribution in [2.75, 3.05) is 62.5 Å². The fourth-order valence-corrected chi connectivity index (χ4v) is 4.56. The molecule has 5 nitrogen and oxygen atoms in total. The van der Waals surface area contributed by atoms with Crippen molar-refractivity contribution in [3.63, 3.8) is 0 Å². The fraction of sp³-hybridized carbons (Fsp3) is 0.550. The molecular formula is C20H28N2O3S2. The molecule has 0 aliphatic carbocycles. The first-order chi connectivity index (χ1) is 13.3. The first kappa shape index (κ1) is 20.7. The standard InChI is InChI=1S/C20H28N2O3S2/c23-19-3-1-2-17-4-5-18(21-20(17)19)16-22-6-12-26-14-10-24-8-9-25-11-15-27-13-7-22/h1-5,23H,6-16H2. The summed E-state index contributed by atoms with van der Waals surface area (Å²) in [5.41, 5.74) is 1.69. The number of hydrogen-bond acceptors (Lipinski definition) is 7. The molecule has 7 heteroatoms. The molecule has 2 heterocycles. The van der Waals surface area contributed by atoms with Crippen LogP contribution in [0.1, 0.15) is 5.69 Å². The number of nitrogens with zero attached hydrogens (tertiary/aromatic N) is 2. The summed E-state index contributed by atoms with van der Waals surface area (Å²) in [6.45, 7) is 5.82. The predicted octanol–water partition coefficient (Wildman–Crippen LogP) is 3.26. The number of thioether (sulfide) groups is 2. The highest BCUT2D eigenvalue weighted by molar-refractivity contribution is 7.99. The highest BCUT2D eigenvalue weighted by atomic mass is 32.2. The second kappa shape index (κ2) is 11.8. The van der Waals surface area contributed by atoms with E-state index in [0.717, 1.165) is 66.9 Å². The van der Waals surface area contributed by atoms with Gasteiger partial charge in [0.2, 0.25) is 0 Å². The van der Waals surface area contributed by atoms with Gasteiger partial charge in [0.15, 0.2) is 0 Å². The smallest absolute Gasteiger partial charge is 0.141 e. The van der Waals surface area contributed by atoms with E-state index in [1.807, 2.05) is 41.7 Å². The second-order valence-electron chi connectivity index (χ2n) is 6.38. The van der Waals surface area contributed by atoms with Crippen molar-refractivity contribution in [3.8, 4) is 5.75 Å². The molecule has 2 aromatic rings. The van der Waals surface area contributed by atoms with E-state index in [1.54, 1.807) is 6.07 Å². The van der Waals surface area contributed by atoms with Crippen molar-refractivity contribution in [1.29, 1.82) is 0 Å². The number of aromatic hydroxyl groups is 1. The summed E-state index contributed by atoms with van der Waals surface area (Å²) in [4.78, 5) is 7.15. The van der Waals surface area contributed by atoms with Gasteiger partial charge in [-0.15, -0.1) is 0 Å². The van der Waals surface area contributed by atoms with Gasteiger partial charge < -0.3 is 14.6 Å². The van der Waals surface area contributed by atoms with Gasteiger partial charge in [-0.3, -0.25) is 4.90 Å². The van der Waals surface area contributed by atoms with Crippen LogP contribution in [0.25, 0.3) is 10.9 Å². The van der Waals surface area contributed by atoms with Crippen LogP contribution in [0.4, 0.5) is 0 Å². The highest BCUT2D eigenvalue weighted by Gasteiger charge is 2.09. The Morgan fingerprint density at radius 2 is 1.59 bits per heavy atom. The van der Waals surface area contributed by atoms with Crippen molar-refractivity contribution in [1.82, 2.24) is 9.88 Å². The maximum atomic E-state index is 10.1. The van der Waals surface area contributed by atoms with E-state index < -0.39 is 0 Å². The van der Waals surface area contributed by atoms with E-state index in [0.29, 0.717) is 18.7 Å². The van der Waals surface area contributed by atoms with Crippen molar-refractivity contribution in [3.05, 3.63) is 36.0 Å². The molecule has 1 fully saturated rings. The molecule has 148 valence electrons. The number of pyridine rings is 1. The van der Waals surface area contributed by atoms with Gasteiger partial charge in [0.25, 0.3) is 0 Å². The third-order valence-corrected chi connectivity index (χ3v) is 6.22. The quantitative estimate of drug-likeness (QED) is 0.818. The van der Waals surface area contributed by atoms with Gasteiger partial charge in [-0.25, -0.2) is 4.98 Å². The molecule has 27 heavy (non-hydrogen) atoms. The summed E-state index contributed by atoms with van der Waals surface area (Å²) in [5, 5.41) is 11.1. The highest BCUT2D eigenvalue weighted by Crippen LogP contribution is 2.22. The van der Waals surface area contributed by atoms with E-state index in [9.17, 15) is 5.11 Å². The molecular weight excluding hydrogens is 380 g/mol. The van der Waals surface area contributed by atoms with Crippen LogP contribution >= 0.6 is 23.5 Å². The Labute approximate surface area is 169 Å². The van der Waals surface area contributed by atoms with E-state index in [-0.39, 0.29) is 5.75 Å². The number of ether oxygens (including phenoxy) is 2. The largest absolute Gasteiger partial charge is 0.506 e. The van der Waals surface area contributed by atoms with Gasteiger partial charge in [0.05, 0.1) is 32.1 Å². The summed E-state index contributed by atoms with van der Waals surface area (Å²) < 4.78 is 11.2. The molecule has 3 rings (SSSR count). The minimum Gasteiger partial charge on any atom is -0.506 e. The van der Waals surface area contributed by atoms with Gasteiger partial charge in [-0.1, -0.05) is 18.2 Å². The first-order valence-electron chi connectivity index (χ1n) is 9.44. The zero-order valence-corrected chi connectivity index (χ0v) is 17.3. The number of hydrogen-bond donors (Lipinski definition) is 1. The Hall–Kier alpha value is -0.990. The Morgan fingerprint density at radius 1 is 0.889 bits per heavy atom. The number of benzene rings is 1. The molecule has 0 amide bonds. The molecule has 1 aromatic carbocycles. The monoisotopic (exact) mass is 408 g/mol. The zero-order valence-electron chi connectivity index (χ0n) is 15.6. The maximum absolute atomic E-state index is 10.1. The zero-order chi connectivity index (χ0) is 18.7. The summed E-state index contributed by atoms with van der Waals surface area (Å²) in [6.07, 6.45) is 0. The molecule has 0 unspecified atom stereocenters. The minimum atomic E-state index is 0.248. The molecule has 1 saturated heterocycles. The molecule has 1 N–H and O–H groups in total. The molecule has 0 bridgehead atoms. The van der Waals surface area contributed by atoms with Gasteiger partial charge in [0.1, 0.15) is 11.3 Å². The van der Waals surface area contributed by atoms with E-state index >= 15 is 0 Å². The summed E-state index contributed by atoms with van der Waals surface area (Å²) in [6, 6.07) is 9.64. The average molecular weight is 409 g/mol. The Bertz CT molecular complexity index is 686. The third-order valence-electron chi connectivity index (χ3n) is 4.36. The van der Waals surface area contributed by atoms with Crippen molar-refractivity contribution in [2.45, 2.75) is 6.54 Å². The Kier molecular flexibility index (Phi) is 9.03. The SMILES string of the molecule is Oc1cccc2ccc(CN3CCSCCOCCOCCSCC3)nc12.